The molecule has 1 atom stereocenters. The summed E-state index contributed by atoms with van der Waals surface area (Å²) in [5, 5.41) is 8.70. The minimum absolute atomic E-state index is 0.463. The quantitative estimate of drug-likeness (QED) is 0.897. The van der Waals surface area contributed by atoms with E-state index in [1.54, 1.807) is 6.20 Å². The molecular formula is C16H20ClN3. The van der Waals surface area contributed by atoms with Crippen molar-refractivity contribution in [3.63, 3.8) is 0 Å². The highest BCUT2D eigenvalue weighted by atomic mass is 35.5. The van der Waals surface area contributed by atoms with Crippen molar-refractivity contribution in [1.29, 1.82) is 0 Å². The zero-order valence-corrected chi connectivity index (χ0v) is 12.5. The molecule has 1 aliphatic carbocycles. The maximum absolute atomic E-state index is 6.15. The van der Waals surface area contributed by atoms with Gasteiger partial charge in [-0.2, -0.15) is 5.10 Å². The SMILES string of the molecule is CC(Nc1cc(Cl)ccc1-n1cccn1)C1CCCC1. The molecule has 0 amide bonds. The highest BCUT2D eigenvalue weighted by molar-refractivity contribution is 6.31. The van der Waals surface area contributed by atoms with Crippen molar-refractivity contribution in [3.05, 3.63) is 41.7 Å². The first-order valence-electron chi connectivity index (χ1n) is 7.30. The molecule has 3 rings (SSSR count). The second-order valence-corrected chi connectivity index (χ2v) is 6.03. The van der Waals surface area contributed by atoms with E-state index in [-0.39, 0.29) is 0 Å². The minimum atomic E-state index is 0.463. The monoisotopic (exact) mass is 289 g/mol. The fourth-order valence-electron chi connectivity index (χ4n) is 3.06. The van der Waals surface area contributed by atoms with Gasteiger partial charge < -0.3 is 5.32 Å². The van der Waals surface area contributed by atoms with Gasteiger partial charge in [-0.1, -0.05) is 24.4 Å². The number of nitrogens with zero attached hydrogens (tertiary/aromatic N) is 2. The van der Waals surface area contributed by atoms with E-state index in [4.69, 9.17) is 11.6 Å². The number of anilines is 1. The average Bonchev–Trinajstić information content (AvgIpc) is 3.12. The van der Waals surface area contributed by atoms with E-state index in [9.17, 15) is 0 Å². The lowest BCUT2D eigenvalue weighted by Gasteiger charge is -2.23. The largest absolute Gasteiger partial charge is 0.381 e. The van der Waals surface area contributed by atoms with E-state index >= 15 is 0 Å². The van der Waals surface area contributed by atoms with Gasteiger partial charge in [0, 0.05) is 23.5 Å². The molecule has 1 unspecified atom stereocenters. The van der Waals surface area contributed by atoms with Crippen LogP contribution in [0.3, 0.4) is 0 Å². The molecule has 0 spiro atoms. The summed E-state index contributed by atoms with van der Waals surface area (Å²) >= 11 is 6.15. The van der Waals surface area contributed by atoms with Crippen molar-refractivity contribution in [1.82, 2.24) is 9.78 Å². The van der Waals surface area contributed by atoms with Gasteiger partial charge in [0.05, 0.1) is 11.4 Å². The maximum Gasteiger partial charge on any atom is 0.0877 e. The molecule has 0 saturated heterocycles. The molecule has 0 aliphatic heterocycles. The van der Waals surface area contributed by atoms with Crippen molar-refractivity contribution in [2.24, 2.45) is 5.92 Å². The Hall–Kier alpha value is -1.48. The van der Waals surface area contributed by atoms with E-state index < -0.39 is 0 Å². The lowest BCUT2D eigenvalue weighted by atomic mass is 9.99. The topological polar surface area (TPSA) is 29.9 Å². The van der Waals surface area contributed by atoms with Gasteiger partial charge in [0.25, 0.3) is 0 Å². The zero-order chi connectivity index (χ0) is 13.9. The molecule has 0 radical (unpaired) electrons. The second kappa shape index (κ2) is 5.88. The maximum atomic E-state index is 6.15. The van der Waals surface area contributed by atoms with E-state index in [0.29, 0.717) is 6.04 Å². The Morgan fingerprint density at radius 2 is 2.15 bits per heavy atom. The Morgan fingerprint density at radius 1 is 1.35 bits per heavy atom. The summed E-state index contributed by atoms with van der Waals surface area (Å²) in [5.74, 6) is 0.763. The Balaban J connectivity index is 1.85. The predicted octanol–water partition coefficient (Wildman–Crippen LogP) is 4.52. The van der Waals surface area contributed by atoms with Crippen LogP contribution in [0.5, 0.6) is 0 Å². The molecule has 20 heavy (non-hydrogen) atoms. The standard InChI is InChI=1S/C16H20ClN3/c1-12(13-5-2-3-6-13)19-15-11-14(17)7-8-16(15)20-10-4-9-18-20/h4,7-13,19H,2-3,5-6H2,1H3. The number of hydrogen-bond acceptors (Lipinski definition) is 2. The van der Waals surface area contributed by atoms with Crippen LogP contribution in [0.1, 0.15) is 32.6 Å². The van der Waals surface area contributed by atoms with Crippen molar-refractivity contribution in [3.8, 4) is 5.69 Å². The van der Waals surface area contributed by atoms with Gasteiger partial charge in [-0.3, -0.25) is 0 Å². The number of aromatic nitrogens is 2. The molecule has 1 heterocycles. The molecule has 106 valence electrons. The third-order valence-electron chi connectivity index (χ3n) is 4.20. The molecule has 1 fully saturated rings. The fraction of sp³-hybridized carbons (Fsp3) is 0.438. The van der Waals surface area contributed by atoms with Gasteiger partial charge in [-0.15, -0.1) is 0 Å². The summed E-state index contributed by atoms with van der Waals surface area (Å²) in [6.45, 7) is 2.27. The van der Waals surface area contributed by atoms with E-state index in [2.05, 4.69) is 17.3 Å². The van der Waals surface area contributed by atoms with Crippen LogP contribution in [0.2, 0.25) is 5.02 Å². The summed E-state index contributed by atoms with van der Waals surface area (Å²) in [6.07, 6.45) is 9.11. The first-order chi connectivity index (χ1) is 9.74. The van der Waals surface area contributed by atoms with Gasteiger partial charge in [0.2, 0.25) is 0 Å². The van der Waals surface area contributed by atoms with Gasteiger partial charge >= 0.3 is 0 Å². The molecular weight excluding hydrogens is 270 g/mol. The number of halogens is 1. The molecule has 1 N–H and O–H groups in total. The molecule has 1 aromatic carbocycles. The molecule has 3 nitrogen and oxygen atoms in total. The van der Waals surface area contributed by atoms with Crippen LogP contribution in [0.15, 0.2) is 36.7 Å². The Morgan fingerprint density at radius 3 is 2.85 bits per heavy atom. The summed E-state index contributed by atoms with van der Waals surface area (Å²) in [4.78, 5) is 0. The number of nitrogens with one attached hydrogen (secondary N) is 1. The van der Waals surface area contributed by atoms with Crippen LogP contribution in [0.4, 0.5) is 5.69 Å². The van der Waals surface area contributed by atoms with Crippen LogP contribution in [0, 0.1) is 5.92 Å². The van der Waals surface area contributed by atoms with Crippen LogP contribution in [0.25, 0.3) is 5.69 Å². The van der Waals surface area contributed by atoms with Gasteiger partial charge in [-0.25, -0.2) is 4.68 Å². The highest BCUT2D eigenvalue weighted by Gasteiger charge is 2.22. The summed E-state index contributed by atoms with van der Waals surface area (Å²) in [7, 11) is 0. The Kier molecular flexibility index (Phi) is 3.97. The minimum Gasteiger partial charge on any atom is -0.381 e. The molecule has 1 saturated carbocycles. The van der Waals surface area contributed by atoms with Crippen LogP contribution in [-0.4, -0.2) is 15.8 Å². The normalized spacial score (nSPS) is 17.3. The van der Waals surface area contributed by atoms with Crippen molar-refractivity contribution >= 4 is 17.3 Å². The second-order valence-electron chi connectivity index (χ2n) is 5.59. The third kappa shape index (κ3) is 2.83. The molecule has 1 aromatic heterocycles. The molecule has 1 aliphatic rings. The van der Waals surface area contributed by atoms with Gasteiger partial charge in [0.1, 0.15) is 0 Å². The highest BCUT2D eigenvalue weighted by Crippen LogP contribution is 2.31. The van der Waals surface area contributed by atoms with Crippen molar-refractivity contribution in [2.45, 2.75) is 38.6 Å². The Bertz CT molecular complexity index is 559. The van der Waals surface area contributed by atoms with E-state index in [1.165, 1.54) is 25.7 Å². The first-order valence-corrected chi connectivity index (χ1v) is 7.68. The molecule has 4 heteroatoms. The van der Waals surface area contributed by atoms with Crippen LogP contribution < -0.4 is 5.32 Å². The smallest absolute Gasteiger partial charge is 0.0877 e. The number of benzene rings is 1. The van der Waals surface area contributed by atoms with Crippen LogP contribution in [-0.2, 0) is 0 Å². The number of rotatable bonds is 4. The average molecular weight is 290 g/mol. The predicted molar refractivity (Wildman–Crippen MR) is 83.6 cm³/mol. The summed E-state index contributed by atoms with van der Waals surface area (Å²) < 4.78 is 1.88. The molecule has 0 bridgehead atoms. The van der Waals surface area contributed by atoms with Crippen LogP contribution >= 0.6 is 11.6 Å². The van der Waals surface area contributed by atoms with Crippen molar-refractivity contribution in [2.75, 3.05) is 5.32 Å². The zero-order valence-electron chi connectivity index (χ0n) is 11.7. The van der Waals surface area contributed by atoms with Crippen molar-refractivity contribution < 1.29 is 0 Å². The lowest BCUT2D eigenvalue weighted by molar-refractivity contribution is 0.482. The lowest BCUT2D eigenvalue weighted by Crippen LogP contribution is -2.24. The van der Waals surface area contributed by atoms with E-state index in [1.807, 2.05) is 35.1 Å². The van der Waals surface area contributed by atoms with Gasteiger partial charge in [-0.05, 0) is 49.9 Å². The molecule has 2 aromatic rings. The summed E-state index contributed by atoms with van der Waals surface area (Å²) in [5.41, 5.74) is 2.10. The number of hydrogen-bond donors (Lipinski definition) is 1. The Labute approximate surface area is 124 Å². The third-order valence-corrected chi connectivity index (χ3v) is 4.44. The fourth-order valence-corrected chi connectivity index (χ4v) is 3.23. The summed E-state index contributed by atoms with van der Waals surface area (Å²) in [6, 6.07) is 8.30. The first kappa shape index (κ1) is 13.5. The van der Waals surface area contributed by atoms with Gasteiger partial charge in [0.15, 0.2) is 0 Å². The van der Waals surface area contributed by atoms with E-state index in [0.717, 1.165) is 22.3 Å².